The molecule has 1 N–H and O–H groups in total. The minimum Gasteiger partial charge on any atom is -0.354 e. The van der Waals surface area contributed by atoms with E-state index in [1.807, 2.05) is 0 Å². The molecular formula is C20H32N4O. The Hall–Kier alpha value is -2.04. The van der Waals surface area contributed by atoms with Gasteiger partial charge in [0.05, 0.1) is 0 Å². The SMILES string of the molecule is CCC(C)NC(=NCC(=O)N(C)C)N1CCC(C)(c2ccccc2)C1. The molecule has 1 aliphatic rings. The molecule has 1 heterocycles. The minimum atomic E-state index is 0.0217. The zero-order chi connectivity index (χ0) is 18.4. The van der Waals surface area contributed by atoms with Crippen LogP contribution in [0.2, 0.25) is 0 Å². The molecule has 1 amide bonds. The molecule has 1 aliphatic heterocycles. The summed E-state index contributed by atoms with van der Waals surface area (Å²) < 4.78 is 0. The van der Waals surface area contributed by atoms with E-state index in [-0.39, 0.29) is 17.9 Å². The predicted octanol–water partition coefficient (Wildman–Crippen LogP) is 2.48. The van der Waals surface area contributed by atoms with E-state index in [2.05, 4.69) is 66.3 Å². The van der Waals surface area contributed by atoms with Gasteiger partial charge in [-0.2, -0.15) is 0 Å². The molecule has 0 radical (unpaired) electrons. The Morgan fingerprint density at radius 3 is 2.64 bits per heavy atom. The Morgan fingerprint density at radius 1 is 1.36 bits per heavy atom. The summed E-state index contributed by atoms with van der Waals surface area (Å²) in [5.74, 6) is 0.873. The fraction of sp³-hybridized carbons (Fsp3) is 0.600. The number of aliphatic imine (C=N–C) groups is 1. The second kappa shape index (κ2) is 8.37. The summed E-state index contributed by atoms with van der Waals surface area (Å²) in [5, 5.41) is 3.50. The van der Waals surface area contributed by atoms with Gasteiger partial charge in [0.25, 0.3) is 0 Å². The maximum atomic E-state index is 11.9. The van der Waals surface area contributed by atoms with Crippen LogP contribution in [0.25, 0.3) is 0 Å². The van der Waals surface area contributed by atoms with Crippen LogP contribution in [0.5, 0.6) is 0 Å². The first-order valence-electron chi connectivity index (χ1n) is 9.17. The monoisotopic (exact) mass is 344 g/mol. The zero-order valence-corrected chi connectivity index (χ0v) is 16.2. The molecule has 25 heavy (non-hydrogen) atoms. The molecular weight excluding hydrogens is 312 g/mol. The third-order valence-electron chi connectivity index (χ3n) is 5.09. The first-order chi connectivity index (χ1) is 11.9. The highest BCUT2D eigenvalue weighted by atomic mass is 16.2. The van der Waals surface area contributed by atoms with E-state index in [1.54, 1.807) is 19.0 Å². The molecule has 1 fully saturated rings. The maximum absolute atomic E-state index is 11.9. The van der Waals surface area contributed by atoms with E-state index >= 15 is 0 Å². The molecule has 2 atom stereocenters. The number of amides is 1. The van der Waals surface area contributed by atoms with Crippen molar-refractivity contribution in [2.24, 2.45) is 4.99 Å². The number of nitrogens with one attached hydrogen (secondary N) is 1. The average molecular weight is 345 g/mol. The summed E-state index contributed by atoms with van der Waals surface area (Å²) in [6.07, 6.45) is 2.10. The van der Waals surface area contributed by atoms with Gasteiger partial charge < -0.3 is 15.1 Å². The summed E-state index contributed by atoms with van der Waals surface area (Å²) in [4.78, 5) is 20.4. The standard InChI is InChI=1S/C20H32N4O/c1-6-16(2)22-19(21-14-18(25)23(4)5)24-13-12-20(3,15-24)17-10-8-7-9-11-17/h7-11,16H,6,12-15H2,1-5H3,(H,21,22). The van der Waals surface area contributed by atoms with E-state index in [0.717, 1.165) is 31.9 Å². The number of carbonyl (C=O) groups excluding carboxylic acids is 1. The number of nitrogens with zero attached hydrogens (tertiary/aromatic N) is 3. The Balaban J connectivity index is 2.15. The molecule has 0 bridgehead atoms. The third-order valence-corrected chi connectivity index (χ3v) is 5.09. The van der Waals surface area contributed by atoms with Crippen LogP contribution in [-0.2, 0) is 10.2 Å². The molecule has 0 spiro atoms. The lowest BCUT2D eigenvalue weighted by Gasteiger charge is -2.28. The van der Waals surface area contributed by atoms with E-state index in [1.165, 1.54) is 5.56 Å². The average Bonchev–Trinajstić information content (AvgIpc) is 3.02. The van der Waals surface area contributed by atoms with Crippen LogP contribution >= 0.6 is 0 Å². The molecule has 1 aromatic carbocycles. The van der Waals surface area contributed by atoms with Crippen LogP contribution in [0.15, 0.2) is 35.3 Å². The highest BCUT2D eigenvalue weighted by Crippen LogP contribution is 2.34. The van der Waals surface area contributed by atoms with Crippen molar-refractivity contribution >= 4 is 11.9 Å². The van der Waals surface area contributed by atoms with Crippen molar-refractivity contribution in [3.63, 3.8) is 0 Å². The fourth-order valence-corrected chi connectivity index (χ4v) is 3.06. The van der Waals surface area contributed by atoms with Gasteiger partial charge in [0.2, 0.25) is 5.91 Å². The molecule has 138 valence electrons. The number of carbonyl (C=O) groups is 1. The van der Waals surface area contributed by atoms with Gasteiger partial charge in [-0.15, -0.1) is 0 Å². The highest BCUT2D eigenvalue weighted by Gasteiger charge is 2.36. The normalized spacial score (nSPS) is 22.0. The molecule has 0 aromatic heterocycles. The van der Waals surface area contributed by atoms with Gasteiger partial charge >= 0.3 is 0 Å². The van der Waals surface area contributed by atoms with Crippen molar-refractivity contribution in [3.05, 3.63) is 35.9 Å². The van der Waals surface area contributed by atoms with Gasteiger partial charge in [-0.25, -0.2) is 4.99 Å². The molecule has 0 saturated carbocycles. The molecule has 0 aliphatic carbocycles. The summed E-state index contributed by atoms with van der Waals surface area (Å²) in [6.45, 7) is 8.66. The molecule has 2 unspecified atom stereocenters. The largest absolute Gasteiger partial charge is 0.354 e. The number of benzene rings is 1. The number of rotatable bonds is 5. The molecule has 5 heteroatoms. The smallest absolute Gasteiger partial charge is 0.243 e. The first-order valence-corrected chi connectivity index (χ1v) is 9.17. The van der Waals surface area contributed by atoms with Gasteiger partial charge in [-0.05, 0) is 25.3 Å². The van der Waals surface area contributed by atoms with E-state index < -0.39 is 0 Å². The molecule has 5 nitrogen and oxygen atoms in total. The topological polar surface area (TPSA) is 47.9 Å². The lowest BCUT2D eigenvalue weighted by Crippen LogP contribution is -2.45. The fourth-order valence-electron chi connectivity index (χ4n) is 3.06. The number of hydrogen-bond donors (Lipinski definition) is 1. The Bertz CT molecular complexity index is 599. The summed E-state index contributed by atoms with van der Waals surface area (Å²) >= 11 is 0. The van der Waals surface area contributed by atoms with Crippen LogP contribution in [0.3, 0.4) is 0 Å². The van der Waals surface area contributed by atoms with Gasteiger partial charge in [0.15, 0.2) is 5.96 Å². The van der Waals surface area contributed by atoms with Crippen molar-refractivity contribution in [3.8, 4) is 0 Å². The van der Waals surface area contributed by atoms with Crippen LogP contribution in [0.4, 0.5) is 0 Å². The van der Waals surface area contributed by atoms with Crippen molar-refractivity contribution in [1.29, 1.82) is 0 Å². The number of likely N-dealkylation sites (N-methyl/N-ethyl adjacent to an activating group) is 1. The Kier molecular flexibility index (Phi) is 6.45. The van der Waals surface area contributed by atoms with Crippen molar-refractivity contribution in [2.75, 3.05) is 33.7 Å². The maximum Gasteiger partial charge on any atom is 0.243 e. The highest BCUT2D eigenvalue weighted by molar-refractivity contribution is 5.85. The van der Waals surface area contributed by atoms with Crippen LogP contribution in [0.1, 0.15) is 39.2 Å². The summed E-state index contributed by atoms with van der Waals surface area (Å²) in [7, 11) is 3.53. The van der Waals surface area contributed by atoms with Crippen LogP contribution in [-0.4, -0.2) is 61.4 Å². The van der Waals surface area contributed by atoms with Crippen LogP contribution < -0.4 is 5.32 Å². The van der Waals surface area contributed by atoms with Gasteiger partial charge in [0, 0.05) is 38.6 Å². The Morgan fingerprint density at radius 2 is 2.04 bits per heavy atom. The molecule has 1 saturated heterocycles. The number of hydrogen-bond acceptors (Lipinski definition) is 2. The molecule has 1 aromatic rings. The second-order valence-electron chi connectivity index (χ2n) is 7.48. The minimum absolute atomic E-state index is 0.0217. The Labute approximate surface area is 152 Å². The van der Waals surface area contributed by atoms with E-state index in [9.17, 15) is 4.79 Å². The van der Waals surface area contributed by atoms with Gasteiger partial charge in [-0.1, -0.05) is 44.2 Å². The van der Waals surface area contributed by atoms with Gasteiger partial charge in [-0.3, -0.25) is 4.79 Å². The predicted molar refractivity (Wildman–Crippen MR) is 104 cm³/mol. The van der Waals surface area contributed by atoms with Crippen molar-refractivity contribution in [1.82, 2.24) is 15.1 Å². The quantitative estimate of drug-likeness (QED) is 0.659. The van der Waals surface area contributed by atoms with Gasteiger partial charge in [0.1, 0.15) is 6.54 Å². The number of guanidine groups is 1. The third kappa shape index (κ3) is 4.97. The lowest BCUT2D eigenvalue weighted by molar-refractivity contribution is -0.127. The molecule has 2 rings (SSSR count). The van der Waals surface area contributed by atoms with Crippen molar-refractivity contribution < 1.29 is 4.79 Å². The summed E-state index contributed by atoms with van der Waals surface area (Å²) in [5.41, 5.74) is 1.48. The lowest BCUT2D eigenvalue weighted by atomic mass is 9.82. The second-order valence-corrected chi connectivity index (χ2v) is 7.48. The van der Waals surface area contributed by atoms with Crippen LogP contribution in [0, 0.1) is 0 Å². The first kappa shape index (κ1) is 19.3. The van der Waals surface area contributed by atoms with E-state index in [4.69, 9.17) is 0 Å². The number of likely N-dealkylation sites (tertiary alicyclic amines) is 1. The van der Waals surface area contributed by atoms with E-state index in [0.29, 0.717) is 6.04 Å². The summed E-state index contributed by atoms with van der Waals surface area (Å²) in [6, 6.07) is 11.0. The zero-order valence-electron chi connectivity index (χ0n) is 16.2. The van der Waals surface area contributed by atoms with Crippen molar-refractivity contribution in [2.45, 2.75) is 45.1 Å².